The molecule has 0 bridgehead atoms. The molecule has 0 heterocycles. The number of allylic oxidation sites excluding steroid dienone is 2. The van der Waals surface area contributed by atoms with Gasteiger partial charge in [-0.15, -0.1) is 0 Å². The third-order valence-corrected chi connectivity index (χ3v) is 9.19. The highest BCUT2D eigenvalue weighted by Crippen LogP contribution is 2.62. The van der Waals surface area contributed by atoms with Crippen molar-refractivity contribution in [1.82, 2.24) is 0 Å². The number of rotatable bonds is 8. The first kappa shape index (κ1) is 26.6. The van der Waals surface area contributed by atoms with E-state index < -0.39 is 0 Å². The van der Waals surface area contributed by atoms with Gasteiger partial charge in [-0.05, 0) is 114 Å². The van der Waals surface area contributed by atoms with E-state index in [1.54, 1.807) is 19.2 Å². The summed E-state index contributed by atoms with van der Waals surface area (Å²) in [5.41, 5.74) is 7.16. The van der Waals surface area contributed by atoms with Crippen LogP contribution in [0.3, 0.4) is 0 Å². The first-order valence-electron chi connectivity index (χ1n) is 14.4. The van der Waals surface area contributed by atoms with Crippen LogP contribution in [0.25, 0.3) is 16.7 Å². The van der Waals surface area contributed by atoms with Crippen molar-refractivity contribution >= 4 is 11.5 Å². The van der Waals surface area contributed by atoms with E-state index >= 15 is 4.39 Å². The number of hydrogen-bond donors (Lipinski definition) is 0. The van der Waals surface area contributed by atoms with E-state index in [4.69, 9.17) is 14.2 Å². The number of carbonyl (C=O) groups excluding carboxylic acids is 1. The Hall–Kier alpha value is -3.60. The number of aryl methyl sites for hydroxylation is 1. The third kappa shape index (κ3) is 4.59. The van der Waals surface area contributed by atoms with Crippen molar-refractivity contribution in [2.24, 2.45) is 11.3 Å². The van der Waals surface area contributed by atoms with Crippen LogP contribution in [-0.2, 0) is 28.0 Å². The maximum Gasteiger partial charge on any atom is 0.309 e. The number of benzene rings is 3. The number of halogens is 1. The maximum atomic E-state index is 15.1. The smallest absolute Gasteiger partial charge is 0.309 e. The molecule has 3 aromatic rings. The van der Waals surface area contributed by atoms with E-state index in [-0.39, 0.29) is 28.5 Å². The van der Waals surface area contributed by atoms with Gasteiger partial charge in [0.05, 0.1) is 19.6 Å². The first-order valence-corrected chi connectivity index (χ1v) is 14.4. The van der Waals surface area contributed by atoms with Crippen LogP contribution in [0.5, 0.6) is 11.5 Å². The molecule has 0 N–H and O–H groups in total. The van der Waals surface area contributed by atoms with Crippen molar-refractivity contribution in [3.05, 3.63) is 88.7 Å². The van der Waals surface area contributed by atoms with Crippen molar-refractivity contribution in [3.63, 3.8) is 0 Å². The molecule has 5 heteroatoms. The SMILES string of the molecule is CCOC(=O)[C@@H]1C[C@@]12CCc1ccc(OCc3ccc(-c4cc(OC)ccc4F)c(C4=CCCC4(C)C)c3)cc12. The lowest BCUT2D eigenvalue weighted by atomic mass is 9.79. The summed E-state index contributed by atoms with van der Waals surface area (Å²) in [5, 5.41) is 0. The summed E-state index contributed by atoms with van der Waals surface area (Å²) in [7, 11) is 1.60. The number of esters is 1. The number of ether oxygens (including phenoxy) is 3. The van der Waals surface area contributed by atoms with E-state index in [2.05, 4.69) is 38.1 Å². The minimum absolute atomic E-state index is 0.00238. The molecule has 0 saturated heterocycles. The van der Waals surface area contributed by atoms with Gasteiger partial charge in [0.15, 0.2) is 0 Å². The number of fused-ring (bicyclic) bond motifs is 2. The second-order valence-electron chi connectivity index (χ2n) is 12.0. The Kier molecular flexibility index (Phi) is 6.72. The summed E-state index contributed by atoms with van der Waals surface area (Å²) >= 11 is 0. The maximum absolute atomic E-state index is 15.1. The summed E-state index contributed by atoms with van der Waals surface area (Å²) in [5.74, 6) is 1.05. The molecule has 0 unspecified atom stereocenters. The van der Waals surface area contributed by atoms with Gasteiger partial charge in [-0.3, -0.25) is 4.79 Å². The lowest BCUT2D eigenvalue weighted by molar-refractivity contribution is -0.145. The second-order valence-corrected chi connectivity index (χ2v) is 12.0. The zero-order chi connectivity index (χ0) is 28.1. The standard InChI is InChI=1S/C35H37FO4/c1-5-39-33(37)31-20-35(31)16-14-23-9-10-25(19-30(23)35)40-21-22-8-12-26(28-18-24(38-4)11-13-32(28)36)27(17-22)29-7-6-15-34(29,2)3/h7-13,17-19,31H,5-6,14-16,20-21H2,1-4H3/t31-,35+/m0/s1. The summed E-state index contributed by atoms with van der Waals surface area (Å²) in [4.78, 5) is 12.5. The quantitative estimate of drug-likeness (QED) is 0.271. The lowest BCUT2D eigenvalue weighted by Gasteiger charge is -2.25. The number of hydrogen-bond acceptors (Lipinski definition) is 4. The van der Waals surface area contributed by atoms with E-state index in [1.807, 2.05) is 25.1 Å². The molecule has 1 fully saturated rings. The highest BCUT2D eigenvalue weighted by molar-refractivity contribution is 5.85. The minimum atomic E-state index is -0.268. The van der Waals surface area contributed by atoms with Crippen LogP contribution in [0.2, 0.25) is 0 Å². The Morgan fingerprint density at radius 2 is 1.80 bits per heavy atom. The number of carbonyl (C=O) groups is 1. The monoisotopic (exact) mass is 540 g/mol. The van der Waals surface area contributed by atoms with Crippen LogP contribution in [-0.4, -0.2) is 19.7 Å². The van der Waals surface area contributed by atoms with Gasteiger partial charge in [0.25, 0.3) is 0 Å². The number of methoxy groups -OCH3 is 1. The van der Waals surface area contributed by atoms with E-state index in [0.29, 0.717) is 24.5 Å². The van der Waals surface area contributed by atoms with E-state index in [9.17, 15) is 4.79 Å². The van der Waals surface area contributed by atoms with Crippen molar-refractivity contribution in [3.8, 4) is 22.6 Å². The molecule has 0 amide bonds. The first-order chi connectivity index (χ1) is 19.3. The highest BCUT2D eigenvalue weighted by atomic mass is 19.1. The lowest BCUT2D eigenvalue weighted by Crippen LogP contribution is -2.15. The average Bonchev–Trinajstić information content (AvgIpc) is 3.43. The molecule has 3 aliphatic rings. The summed E-state index contributed by atoms with van der Waals surface area (Å²) < 4.78 is 32.1. The van der Waals surface area contributed by atoms with Crippen molar-refractivity contribution in [2.45, 2.75) is 64.9 Å². The normalized spacial score (nSPS) is 22.1. The van der Waals surface area contributed by atoms with Gasteiger partial charge in [-0.1, -0.05) is 38.1 Å². The molecule has 1 saturated carbocycles. The molecule has 4 nitrogen and oxygen atoms in total. The van der Waals surface area contributed by atoms with Crippen LogP contribution in [0.15, 0.2) is 60.7 Å². The van der Waals surface area contributed by atoms with E-state index in [0.717, 1.165) is 54.5 Å². The Balaban J connectivity index is 1.28. The molecule has 6 rings (SSSR count). The van der Waals surface area contributed by atoms with Gasteiger partial charge >= 0.3 is 5.97 Å². The Bertz CT molecular complexity index is 1500. The predicted molar refractivity (Wildman–Crippen MR) is 155 cm³/mol. The molecule has 40 heavy (non-hydrogen) atoms. The fourth-order valence-electron chi connectivity index (χ4n) is 6.86. The summed E-state index contributed by atoms with van der Waals surface area (Å²) in [6.07, 6.45) is 7.20. The van der Waals surface area contributed by atoms with Gasteiger partial charge in [0, 0.05) is 11.0 Å². The van der Waals surface area contributed by atoms with E-state index in [1.165, 1.54) is 22.8 Å². The molecule has 0 aliphatic heterocycles. The molecular weight excluding hydrogens is 503 g/mol. The van der Waals surface area contributed by atoms with Crippen LogP contribution < -0.4 is 9.47 Å². The fraction of sp³-hybridized carbons (Fsp3) is 0.400. The average molecular weight is 541 g/mol. The zero-order valence-corrected chi connectivity index (χ0v) is 23.8. The molecule has 2 atom stereocenters. The molecule has 0 radical (unpaired) electrons. The summed E-state index contributed by atoms with van der Waals surface area (Å²) in [6.45, 7) is 7.18. The minimum Gasteiger partial charge on any atom is -0.497 e. The van der Waals surface area contributed by atoms with Gasteiger partial charge in [-0.25, -0.2) is 4.39 Å². The van der Waals surface area contributed by atoms with Crippen LogP contribution in [0.4, 0.5) is 4.39 Å². The van der Waals surface area contributed by atoms with Crippen LogP contribution in [0.1, 0.15) is 68.7 Å². The van der Waals surface area contributed by atoms with Gasteiger partial charge in [0.1, 0.15) is 23.9 Å². The summed E-state index contributed by atoms with van der Waals surface area (Å²) in [6, 6.07) is 17.4. The van der Waals surface area contributed by atoms with Gasteiger partial charge in [0.2, 0.25) is 0 Å². The molecule has 0 aromatic heterocycles. The highest BCUT2D eigenvalue weighted by Gasteiger charge is 2.62. The largest absolute Gasteiger partial charge is 0.497 e. The Labute approximate surface area is 236 Å². The molecule has 208 valence electrons. The Morgan fingerprint density at radius 1 is 0.975 bits per heavy atom. The van der Waals surface area contributed by atoms with Crippen LogP contribution in [0, 0.1) is 17.2 Å². The third-order valence-electron chi connectivity index (χ3n) is 9.19. The Morgan fingerprint density at radius 3 is 2.55 bits per heavy atom. The van der Waals surface area contributed by atoms with Crippen molar-refractivity contribution in [2.75, 3.05) is 13.7 Å². The van der Waals surface area contributed by atoms with Crippen molar-refractivity contribution < 1.29 is 23.4 Å². The molecule has 3 aliphatic carbocycles. The molecular formula is C35H37FO4. The second kappa shape index (κ2) is 10.1. The van der Waals surface area contributed by atoms with Crippen molar-refractivity contribution in [1.29, 1.82) is 0 Å². The van der Waals surface area contributed by atoms with Gasteiger partial charge < -0.3 is 14.2 Å². The zero-order valence-electron chi connectivity index (χ0n) is 23.8. The topological polar surface area (TPSA) is 44.8 Å². The van der Waals surface area contributed by atoms with Crippen LogP contribution >= 0.6 is 0 Å². The molecule has 1 spiro atoms. The fourth-order valence-corrected chi connectivity index (χ4v) is 6.86. The molecule has 3 aromatic carbocycles. The van der Waals surface area contributed by atoms with Gasteiger partial charge in [-0.2, -0.15) is 0 Å². The predicted octanol–water partition coefficient (Wildman–Crippen LogP) is 8.05.